The molecule has 0 saturated heterocycles. The quantitative estimate of drug-likeness (QED) is 0.445. The highest BCUT2D eigenvalue weighted by Gasteiger charge is 2.21. The van der Waals surface area contributed by atoms with Crippen molar-refractivity contribution in [3.63, 3.8) is 0 Å². The topological polar surface area (TPSA) is 91.4 Å². The first-order chi connectivity index (χ1) is 15.3. The highest BCUT2D eigenvalue weighted by Crippen LogP contribution is 2.22. The zero-order valence-electron chi connectivity index (χ0n) is 18.7. The number of para-hydroxylation sites is 1. The van der Waals surface area contributed by atoms with Gasteiger partial charge in [-0.15, -0.1) is 11.3 Å². The van der Waals surface area contributed by atoms with E-state index in [4.69, 9.17) is 0 Å². The lowest BCUT2D eigenvalue weighted by molar-refractivity contribution is -0.120. The van der Waals surface area contributed by atoms with E-state index >= 15 is 0 Å². The maximum absolute atomic E-state index is 12.6. The van der Waals surface area contributed by atoms with E-state index < -0.39 is 10.0 Å². The molecule has 0 fully saturated rings. The Kier molecular flexibility index (Phi) is 8.36. The molecule has 0 aliphatic carbocycles. The zero-order chi connectivity index (χ0) is 23.1. The van der Waals surface area contributed by atoms with E-state index in [1.54, 1.807) is 35.6 Å². The Labute approximate surface area is 193 Å². The van der Waals surface area contributed by atoms with Crippen LogP contribution in [0, 0.1) is 0 Å². The third-order valence-corrected chi connectivity index (χ3v) is 8.45. The van der Waals surface area contributed by atoms with E-state index in [9.17, 15) is 13.2 Å². The molecule has 0 radical (unpaired) electrons. The third-order valence-electron chi connectivity index (χ3n) is 5.29. The van der Waals surface area contributed by atoms with Crippen molar-refractivity contribution in [3.05, 3.63) is 59.1 Å². The van der Waals surface area contributed by atoms with Crippen LogP contribution < -0.4 is 10.6 Å². The first-order valence-electron chi connectivity index (χ1n) is 10.8. The molecular weight excluding hydrogens is 444 g/mol. The molecule has 9 heteroatoms. The van der Waals surface area contributed by atoms with Crippen molar-refractivity contribution in [3.8, 4) is 0 Å². The van der Waals surface area contributed by atoms with Crippen LogP contribution in [0.2, 0.25) is 0 Å². The number of carbonyl (C=O) groups excluding carboxylic acids is 1. The average Bonchev–Trinajstić information content (AvgIpc) is 3.21. The molecule has 2 N–H and O–H groups in total. The fourth-order valence-electron chi connectivity index (χ4n) is 3.40. The lowest BCUT2D eigenvalue weighted by atomic mass is 10.1. The van der Waals surface area contributed by atoms with Gasteiger partial charge in [0.2, 0.25) is 15.9 Å². The fraction of sp³-hybridized carbons (Fsp3) is 0.391. The molecule has 1 heterocycles. The van der Waals surface area contributed by atoms with Crippen LogP contribution in [0.4, 0.5) is 0 Å². The van der Waals surface area contributed by atoms with Crippen molar-refractivity contribution in [2.45, 2.75) is 38.1 Å². The van der Waals surface area contributed by atoms with Crippen LogP contribution in [0.3, 0.4) is 0 Å². The summed E-state index contributed by atoms with van der Waals surface area (Å²) in [6.07, 6.45) is 0.698. The van der Waals surface area contributed by atoms with Crippen molar-refractivity contribution >= 4 is 37.5 Å². The number of hydrogen-bond acceptors (Lipinski definition) is 6. The Hall–Kier alpha value is -2.33. The summed E-state index contributed by atoms with van der Waals surface area (Å²) < 4.78 is 27.8. The van der Waals surface area contributed by atoms with Crippen LogP contribution in [-0.2, 0) is 21.2 Å². The molecule has 0 aliphatic rings. The summed E-state index contributed by atoms with van der Waals surface area (Å²) in [6.45, 7) is 7.19. The predicted octanol–water partition coefficient (Wildman–Crippen LogP) is 3.34. The van der Waals surface area contributed by atoms with Gasteiger partial charge in [-0.3, -0.25) is 4.79 Å². The van der Waals surface area contributed by atoms with Gasteiger partial charge in [0.1, 0.15) is 0 Å². The SMILES string of the molecule is CCN(CC)S(=O)(=O)c1ccc(C(C)NCC(=O)NCCc2nc3ccccc3s2)cc1. The van der Waals surface area contributed by atoms with Crippen LogP contribution >= 0.6 is 11.3 Å². The van der Waals surface area contributed by atoms with Crippen LogP contribution in [-0.4, -0.2) is 49.8 Å². The molecule has 3 rings (SSSR count). The van der Waals surface area contributed by atoms with E-state index in [0.29, 0.717) is 26.1 Å². The van der Waals surface area contributed by atoms with Gasteiger partial charge in [-0.05, 0) is 36.8 Å². The van der Waals surface area contributed by atoms with Crippen LogP contribution in [0.5, 0.6) is 0 Å². The highest BCUT2D eigenvalue weighted by atomic mass is 32.2. The maximum Gasteiger partial charge on any atom is 0.243 e. The smallest absolute Gasteiger partial charge is 0.243 e. The molecule has 1 unspecified atom stereocenters. The van der Waals surface area contributed by atoms with Crippen molar-refractivity contribution in [2.75, 3.05) is 26.2 Å². The molecule has 1 amide bonds. The summed E-state index contributed by atoms with van der Waals surface area (Å²) >= 11 is 1.65. The second kappa shape index (κ2) is 11.0. The average molecular weight is 475 g/mol. The van der Waals surface area contributed by atoms with Gasteiger partial charge in [0.25, 0.3) is 0 Å². The van der Waals surface area contributed by atoms with Gasteiger partial charge in [0, 0.05) is 32.1 Å². The van der Waals surface area contributed by atoms with Crippen LogP contribution in [0.15, 0.2) is 53.4 Å². The maximum atomic E-state index is 12.6. The summed E-state index contributed by atoms with van der Waals surface area (Å²) in [6, 6.07) is 14.7. The van der Waals surface area contributed by atoms with Gasteiger partial charge < -0.3 is 10.6 Å². The summed E-state index contributed by atoms with van der Waals surface area (Å²) in [7, 11) is -3.47. The second-order valence-corrected chi connectivity index (χ2v) is 10.5. The Morgan fingerprint density at radius 1 is 1.09 bits per heavy atom. The number of benzene rings is 2. The normalized spacial score (nSPS) is 12.9. The number of amides is 1. The van der Waals surface area contributed by atoms with Gasteiger partial charge in [0.15, 0.2) is 0 Å². The largest absolute Gasteiger partial charge is 0.355 e. The van der Waals surface area contributed by atoms with Gasteiger partial charge >= 0.3 is 0 Å². The molecule has 32 heavy (non-hydrogen) atoms. The van der Waals surface area contributed by atoms with Crippen LogP contribution in [0.25, 0.3) is 10.2 Å². The summed E-state index contributed by atoms with van der Waals surface area (Å²) in [4.78, 5) is 17.0. The molecule has 7 nitrogen and oxygen atoms in total. The molecule has 1 atom stereocenters. The number of thiazole rings is 1. The molecule has 0 spiro atoms. The number of sulfonamides is 1. The number of carbonyl (C=O) groups is 1. The Morgan fingerprint density at radius 2 is 1.78 bits per heavy atom. The van der Waals surface area contributed by atoms with Gasteiger partial charge in [-0.1, -0.05) is 38.1 Å². The molecule has 2 aromatic carbocycles. The monoisotopic (exact) mass is 474 g/mol. The minimum Gasteiger partial charge on any atom is -0.355 e. The van der Waals surface area contributed by atoms with Gasteiger partial charge in [-0.2, -0.15) is 4.31 Å². The first-order valence-corrected chi connectivity index (χ1v) is 13.1. The molecule has 0 bridgehead atoms. The second-order valence-electron chi connectivity index (χ2n) is 7.44. The summed E-state index contributed by atoms with van der Waals surface area (Å²) in [5.74, 6) is -0.0845. The standard InChI is InChI=1S/C23H30N4O3S2/c1-4-27(5-2)32(29,30)19-12-10-18(11-13-19)17(3)25-16-22(28)24-15-14-23-26-20-8-6-7-9-21(20)31-23/h6-13,17,25H,4-5,14-16H2,1-3H3,(H,24,28). The fourth-order valence-corrected chi connectivity index (χ4v) is 5.83. The lowest BCUT2D eigenvalue weighted by Gasteiger charge is -2.19. The first kappa shape index (κ1) is 24.3. The van der Waals surface area contributed by atoms with Crippen molar-refractivity contribution in [1.82, 2.24) is 19.9 Å². The van der Waals surface area contributed by atoms with E-state index in [-0.39, 0.29) is 23.4 Å². The van der Waals surface area contributed by atoms with Crippen molar-refractivity contribution < 1.29 is 13.2 Å². The number of hydrogen-bond donors (Lipinski definition) is 2. The number of nitrogens with one attached hydrogen (secondary N) is 2. The predicted molar refractivity (Wildman–Crippen MR) is 129 cm³/mol. The number of aromatic nitrogens is 1. The van der Waals surface area contributed by atoms with E-state index in [1.165, 1.54) is 4.31 Å². The van der Waals surface area contributed by atoms with E-state index in [0.717, 1.165) is 20.8 Å². The molecule has 0 aliphatic heterocycles. The minimum atomic E-state index is -3.47. The molecule has 1 aromatic heterocycles. The minimum absolute atomic E-state index is 0.0845. The third kappa shape index (κ3) is 5.92. The molecule has 0 saturated carbocycles. The zero-order valence-corrected chi connectivity index (χ0v) is 20.3. The molecular formula is C23H30N4O3S2. The van der Waals surface area contributed by atoms with Gasteiger partial charge in [0.05, 0.1) is 26.7 Å². The van der Waals surface area contributed by atoms with E-state index in [1.807, 2.05) is 45.0 Å². The van der Waals surface area contributed by atoms with Crippen molar-refractivity contribution in [2.24, 2.45) is 0 Å². The summed E-state index contributed by atoms with van der Waals surface area (Å²) in [5.41, 5.74) is 1.91. The Bertz CT molecular complexity index is 1110. The highest BCUT2D eigenvalue weighted by molar-refractivity contribution is 7.89. The number of rotatable bonds is 11. The van der Waals surface area contributed by atoms with Crippen molar-refractivity contribution in [1.29, 1.82) is 0 Å². The lowest BCUT2D eigenvalue weighted by Crippen LogP contribution is -2.36. The number of fused-ring (bicyclic) bond motifs is 1. The molecule has 172 valence electrons. The molecule has 3 aromatic rings. The Morgan fingerprint density at radius 3 is 2.44 bits per heavy atom. The number of nitrogens with zero attached hydrogens (tertiary/aromatic N) is 2. The van der Waals surface area contributed by atoms with Crippen LogP contribution in [0.1, 0.15) is 37.4 Å². The summed E-state index contributed by atoms with van der Waals surface area (Å²) in [5, 5.41) is 7.11. The van der Waals surface area contributed by atoms with Gasteiger partial charge in [-0.25, -0.2) is 13.4 Å². The Balaban J connectivity index is 1.46. The van der Waals surface area contributed by atoms with E-state index in [2.05, 4.69) is 15.6 Å².